The number of ether oxygens (including phenoxy) is 7. The Morgan fingerprint density at radius 1 is 0.750 bits per heavy atom. The third-order valence-corrected chi connectivity index (χ3v) is 5.29. The van der Waals surface area contributed by atoms with Crippen molar-refractivity contribution in [3.63, 3.8) is 0 Å². The molecule has 3 rings (SSSR count). The molecule has 1 aliphatic rings. The molecule has 0 saturated carbocycles. The fourth-order valence-electron chi connectivity index (χ4n) is 3.68. The molecule has 1 heterocycles. The van der Waals surface area contributed by atoms with Crippen LogP contribution in [0.1, 0.15) is 25.0 Å². The third kappa shape index (κ3) is 8.04. The molecule has 1 aliphatic heterocycles. The highest BCUT2D eigenvalue weighted by atomic mass is 16.8. The van der Waals surface area contributed by atoms with Gasteiger partial charge in [-0.05, 0) is 11.1 Å². The second kappa shape index (κ2) is 13.6. The van der Waals surface area contributed by atoms with Crippen LogP contribution in [0.15, 0.2) is 60.7 Å². The molecule has 0 N–H and O–H groups in total. The first-order chi connectivity index (χ1) is 17.4. The average molecular weight is 503 g/mol. The van der Waals surface area contributed by atoms with Gasteiger partial charge in [0.25, 0.3) is 0 Å². The second-order valence-corrected chi connectivity index (χ2v) is 8.02. The van der Waals surface area contributed by atoms with E-state index in [4.69, 9.17) is 33.2 Å². The van der Waals surface area contributed by atoms with Gasteiger partial charge in [0.15, 0.2) is 18.5 Å². The summed E-state index contributed by atoms with van der Waals surface area (Å²) in [6, 6.07) is 18.4. The number of rotatable bonds is 10. The zero-order valence-electron chi connectivity index (χ0n) is 20.4. The smallest absolute Gasteiger partial charge is 0.463 e. The summed E-state index contributed by atoms with van der Waals surface area (Å²) in [5.41, 5.74) is 1.61. The Bertz CT molecular complexity index is 981. The lowest BCUT2D eigenvalue weighted by atomic mass is 9.98. The van der Waals surface area contributed by atoms with Gasteiger partial charge >= 0.3 is 18.1 Å². The molecule has 0 aromatic heterocycles. The van der Waals surface area contributed by atoms with Crippen LogP contribution in [0, 0.1) is 0 Å². The average Bonchev–Trinajstić information content (AvgIpc) is 2.87. The quantitative estimate of drug-likeness (QED) is 0.354. The van der Waals surface area contributed by atoms with Crippen molar-refractivity contribution in [2.24, 2.45) is 0 Å². The summed E-state index contributed by atoms with van der Waals surface area (Å²) in [5.74, 6) is -1.16. The Kier molecular flexibility index (Phi) is 10.2. The van der Waals surface area contributed by atoms with E-state index in [-0.39, 0.29) is 19.8 Å². The summed E-state index contributed by atoms with van der Waals surface area (Å²) < 4.78 is 38.8. The lowest BCUT2D eigenvalue weighted by molar-refractivity contribution is -0.306. The van der Waals surface area contributed by atoms with Gasteiger partial charge in [-0.2, -0.15) is 0 Å². The minimum absolute atomic E-state index is 0.0110. The van der Waals surface area contributed by atoms with Gasteiger partial charge in [0, 0.05) is 21.0 Å². The van der Waals surface area contributed by atoms with Gasteiger partial charge in [0.1, 0.15) is 25.4 Å². The minimum Gasteiger partial charge on any atom is -0.463 e. The molecule has 0 spiro atoms. The van der Waals surface area contributed by atoms with Crippen molar-refractivity contribution in [2.45, 2.75) is 57.8 Å². The van der Waals surface area contributed by atoms with E-state index in [1.165, 1.54) is 21.0 Å². The van der Waals surface area contributed by atoms with Crippen LogP contribution in [-0.2, 0) is 56.0 Å². The molecule has 10 heteroatoms. The predicted octanol–water partition coefficient (Wildman–Crippen LogP) is 3.16. The summed E-state index contributed by atoms with van der Waals surface area (Å²) >= 11 is 0. The van der Waals surface area contributed by atoms with Crippen LogP contribution in [0.5, 0.6) is 0 Å². The Morgan fingerprint density at radius 2 is 1.36 bits per heavy atom. The van der Waals surface area contributed by atoms with Crippen LogP contribution < -0.4 is 0 Å². The lowest BCUT2D eigenvalue weighted by Crippen LogP contribution is -2.62. The van der Waals surface area contributed by atoms with E-state index in [1.54, 1.807) is 12.1 Å². The van der Waals surface area contributed by atoms with Crippen LogP contribution in [0.3, 0.4) is 0 Å². The van der Waals surface area contributed by atoms with Gasteiger partial charge in [0.05, 0.1) is 6.61 Å². The number of benzene rings is 2. The highest BCUT2D eigenvalue weighted by Gasteiger charge is 2.51. The Morgan fingerprint density at radius 3 is 1.92 bits per heavy atom. The molecule has 0 unspecified atom stereocenters. The molecule has 10 nitrogen and oxygen atoms in total. The molecule has 0 bridgehead atoms. The van der Waals surface area contributed by atoms with E-state index < -0.39 is 48.8 Å². The van der Waals surface area contributed by atoms with Gasteiger partial charge in [-0.15, -0.1) is 0 Å². The molecule has 0 aliphatic carbocycles. The predicted molar refractivity (Wildman–Crippen MR) is 124 cm³/mol. The molecule has 2 aromatic carbocycles. The number of hydrogen-bond acceptors (Lipinski definition) is 10. The summed E-state index contributed by atoms with van der Waals surface area (Å²) in [6.45, 7) is 2.34. The maximum Gasteiger partial charge on any atom is 0.509 e. The maximum absolute atomic E-state index is 12.6. The third-order valence-electron chi connectivity index (χ3n) is 5.29. The standard InChI is InChI=1S/C26H30O10/c1-17(27)31-16-21-22(34-18(2)28)23(32-14-19-10-6-4-7-11-19)24(25(30-3)35-21)36-26(29)33-15-20-12-8-5-9-13-20/h4-13,21-25H,14-16H2,1-3H3/t21-,22-,23+,24-,25+/m1/s1. The van der Waals surface area contributed by atoms with Gasteiger partial charge < -0.3 is 33.2 Å². The van der Waals surface area contributed by atoms with Crippen molar-refractivity contribution in [1.29, 1.82) is 0 Å². The summed E-state index contributed by atoms with van der Waals surface area (Å²) in [7, 11) is 1.36. The van der Waals surface area contributed by atoms with Crippen molar-refractivity contribution >= 4 is 18.1 Å². The van der Waals surface area contributed by atoms with Crippen molar-refractivity contribution in [3.05, 3.63) is 71.8 Å². The van der Waals surface area contributed by atoms with Crippen molar-refractivity contribution in [2.75, 3.05) is 13.7 Å². The Labute approximate surface area is 209 Å². The van der Waals surface area contributed by atoms with E-state index in [0.717, 1.165) is 11.1 Å². The number of esters is 2. The number of carbonyl (C=O) groups is 3. The highest BCUT2D eigenvalue weighted by Crippen LogP contribution is 2.30. The van der Waals surface area contributed by atoms with Crippen LogP contribution in [-0.4, -0.2) is 62.5 Å². The van der Waals surface area contributed by atoms with E-state index in [1.807, 2.05) is 48.5 Å². The lowest BCUT2D eigenvalue weighted by Gasteiger charge is -2.44. The fraction of sp³-hybridized carbons (Fsp3) is 0.423. The molecular weight excluding hydrogens is 472 g/mol. The Balaban J connectivity index is 1.82. The first-order valence-corrected chi connectivity index (χ1v) is 11.4. The van der Waals surface area contributed by atoms with E-state index in [0.29, 0.717) is 0 Å². The van der Waals surface area contributed by atoms with E-state index >= 15 is 0 Å². The largest absolute Gasteiger partial charge is 0.509 e. The topological polar surface area (TPSA) is 116 Å². The molecule has 1 fully saturated rings. The maximum atomic E-state index is 12.6. The first-order valence-electron chi connectivity index (χ1n) is 11.4. The normalized spacial score (nSPS) is 23.4. The van der Waals surface area contributed by atoms with Gasteiger partial charge in [-0.25, -0.2) is 4.79 Å². The van der Waals surface area contributed by atoms with E-state index in [9.17, 15) is 14.4 Å². The minimum atomic E-state index is -1.17. The molecule has 0 amide bonds. The first kappa shape index (κ1) is 27.1. The van der Waals surface area contributed by atoms with Crippen LogP contribution in [0.25, 0.3) is 0 Å². The molecular formula is C26H30O10. The molecule has 2 aromatic rings. The number of carbonyl (C=O) groups excluding carboxylic acids is 3. The molecule has 36 heavy (non-hydrogen) atoms. The van der Waals surface area contributed by atoms with Gasteiger partial charge in [-0.3, -0.25) is 9.59 Å². The zero-order chi connectivity index (χ0) is 25.9. The van der Waals surface area contributed by atoms with E-state index in [2.05, 4.69) is 0 Å². The molecule has 1 saturated heterocycles. The van der Waals surface area contributed by atoms with Crippen LogP contribution in [0.2, 0.25) is 0 Å². The number of hydrogen-bond donors (Lipinski definition) is 0. The van der Waals surface area contributed by atoms with Crippen LogP contribution >= 0.6 is 0 Å². The Hall–Kier alpha value is -3.47. The monoisotopic (exact) mass is 502 g/mol. The summed E-state index contributed by atoms with van der Waals surface area (Å²) in [4.78, 5) is 36.0. The molecule has 194 valence electrons. The fourth-order valence-corrected chi connectivity index (χ4v) is 3.68. The number of methoxy groups -OCH3 is 1. The molecule has 5 atom stereocenters. The second-order valence-electron chi connectivity index (χ2n) is 8.02. The van der Waals surface area contributed by atoms with Crippen molar-refractivity contribution in [1.82, 2.24) is 0 Å². The SMILES string of the molecule is CO[C@H]1O[C@H](COC(C)=O)[C@@H](OC(C)=O)[C@H](OCc2ccccc2)[C@H]1OC(=O)OCc1ccccc1. The van der Waals surface area contributed by atoms with Crippen LogP contribution in [0.4, 0.5) is 4.79 Å². The molecule has 0 radical (unpaired) electrons. The zero-order valence-corrected chi connectivity index (χ0v) is 20.4. The summed E-state index contributed by atoms with van der Waals surface area (Å²) in [5, 5.41) is 0. The highest BCUT2D eigenvalue weighted by molar-refractivity contribution is 5.67. The van der Waals surface area contributed by atoms with Gasteiger partial charge in [-0.1, -0.05) is 60.7 Å². The van der Waals surface area contributed by atoms with Crippen molar-refractivity contribution < 1.29 is 47.5 Å². The summed E-state index contributed by atoms with van der Waals surface area (Å²) in [6.07, 6.45) is -6.32. The van der Waals surface area contributed by atoms with Crippen molar-refractivity contribution in [3.8, 4) is 0 Å². The van der Waals surface area contributed by atoms with Gasteiger partial charge in [0.2, 0.25) is 0 Å².